The highest BCUT2D eigenvalue weighted by Crippen LogP contribution is 2.36. The van der Waals surface area contributed by atoms with Gasteiger partial charge in [0.25, 0.3) is 0 Å². The van der Waals surface area contributed by atoms with Crippen molar-refractivity contribution in [3.05, 3.63) is 47.0 Å². The van der Waals surface area contributed by atoms with E-state index in [1.807, 2.05) is 22.9 Å². The Balaban J connectivity index is 1.76. The summed E-state index contributed by atoms with van der Waals surface area (Å²) in [7, 11) is 0. The first kappa shape index (κ1) is 19.0. The number of rotatable bonds is 6. The highest BCUT2D eigenvalue weighted by atomic mass is 35.5. The maximum absolute atomic E-state index is 10.7. The monoisotopic (exact) mass is 420 g/mol. The molecule has 9 heteroatoms. The quantitative estimate of drug-likeness (QED) is 0.652. The Morgan fingerprint density at radius 3 is 2.96 bits per heavy atom. The molecule has 0 aliphatic carbocycles. The standard InChI is InChI=1S/C19H18Cl2N4O3/c20-14-4-3-13-15(24-7-5-22-11-24)8-16(23-19(13)18(14)21)25-6-1-2-12(25)9-28-10-17(26)27/h3-5,7-8,11-12H,1-2,6,9-10H2,(H,26,27)/t12-/m0/s1. The van der Waals surface area contributed by atoms with E-state index in [-0.39, 0.29) is 12.6 Å². The molecule has 0 unspecified atom stereocenters. The molecule has 3 aromatic rings. The van der Waals surface area contributed by atoms with Crippen LogP contribution in [-0.4, -0.2) is 51.4 Å². The van der Waals surface area contributed by atoms with Crippen LogP contribution in [-0.2, 0) is 9.53 Å². The Kier molecular flexibility index (Phi) is 5.39. The average molecular weight is 421 g/mol. The molecule has 0 saturated carbocycles. The molecule has 3 heterocycles. The summed E-state index contributed by atoms with van der Waals surface area (Å²) in [6.45, 7) is 0.827. The molecular weight excluding hydrogens is 403 g/mol. The van der Waals surface area contributed by atoms with Crippen molar-refractivity contribution in [2.75, 3.05) is 24.7 Å². The molecule has 0 bridgehead atoms. The van der Waals surface area contributed by atoms with Crippen molar-refractivity contribution in [2.45, 2.75) is 18.9 Å². The molecule has 146 valence electrons. The maximum atomic E-state index is 10.7. The molecule has 1 aliphatic heterocycles. The predicted molar refractivity (Wildman–Crippen MR) is 108 cm³/mol. The van der Waals surface area contributed by atoms with Crippen molar-refractivity contribution in [2.24, 2.45) is 0 Å². The number of fused-ring (bicyclic) bond motifs is 1. The first-order chi connectivity index (χ1) is 13.5. The molecule has 0 amide bonds. The number of anilines is 1. The molecule has 1 N–H and O–H groups in total. The predicted octanol–water partition coefficient (Wildman–Crippen LogP) is 3.80. The topological polar surface area (TPSA) is 80.5 Å². The number of aromatic nitrogens is 3. The number of halogens is 2. The van der Waals surface area contributed by atoms with E-state index in [2.05, 4.69) is 9.88 Å². The summed E-state index contributed by atoms with van der Waals surface area (Å²) in [4.78, 5) is 21.8. The van der Waals surface area contributed by atoms with Gasteiger partial charge in [0, 0.05) is 30.4 Å². The molecule has 0 radical (unpaired) electrons. The van der Waals surface area contributed by atoms with Crippen LogP contribution >= 0.6 is 23.2 Å². The largest absolute Gasteiger partial charge is 0.480 e. The van der Waals surface area contributed by atoms with E-state index in [1.165, 1.54) is 0 Å². The summed E-state index contributed by atoms with van der Waals surface area (Å²) >= 11 is 12.7. The number of imidazole rings is 1. The summed E-state index contributed by atoms with van der Waals surface area (Å²) in [5.74, 6) is -0.223. The number of hydrogen-bond acceptors (Lipinski definition) is 5. The van der Waals surface area contributed by atoms with Gasteiger partial charge in [0.2, 0.25) is 0 Å². The molecule has 0 spiro atoms. The molecule has 1 saturated heterocycles. The van der Waals surface area contributed by atoms with Crippen LogP contribution in [0.25, 0.3) is 16.6 Å². The minimum Gasteiger partial charge on any atom is -0.480 e. The van der Waals surface area contributed by atoms with Gasteiger partial charge in [0.1, 0.15) is 12.4 Å². The van der Waals surface area contributed by atoms with Crippen molar-refractivity contribution < 1.29 is 14.6 Å². The second kappa shape index (κ2) is 7.95. The highest BCUT2D eigenvalue weighted by molar-refractivity contribution is 6.45. The van der Waals surface area contributed by atoms with E-state index in [4.69, 9.17) is 38.0 Å². The number of pyridine rings is 1. The van der Waals surface area contributed by atoms with Crippen LogP contribution in [0, 0.1) is 0 Å². The lowest BCUT2D eigenvalue weighted by Gasteiger charge is -2.26. The molecule has 1 fully saturated rings. The van der Waals surface area contributed by atoms with Gasteiger partial charge in [-0.3, -0.25) is 0 Å². The fourth-order valence-corrected chi connectivity index (χ4v) is 3.92. The van der Waals surface area contributed by atoms with Crippen molar-refractivity contribution in [3.63, 3.8) is 0 Å². The lowest BCUT2D eigenvalue weighted by atomic mass is 10.1. The SMILES string of the molecule is O=C(O)COC[C@@H]1CCCN1c1cc(-n2ccnc2)c2ccc(Cl)c(Cl)c2n1. The minimum absolute atomic E-state index is 0.0536. The second-order valence-electron chi connectivity index (χ2n) is 6.63. The molecule has 1 atom stereocenters. The van der Waals surface area contributed by atoms with E-state index < -0.39 is 5.97 Å². The van der Waals surface area contributed by atoms with Gasteiger partial charge in [-0.05, 0) is 25.0 Å². The van der Waals surface area contributed by atoms with E-state index in [0.29, 0.717) is 22.2 Å². The minimum atomic E-state index is -0.975. The first-order valence-electron chi connectivity index (χ1n) is 8.88. The lowest BCUT2D eigenvalue weighted by molar-refractivity contribution is -0.142. The van der Waals surface area contributed by atoms with Crippen LogP contribution in [0.2, 0.25) is 10.0 Å². The zero-order valence-corrected chi connectivity index (χ0v) is 16.4. The number of nitrogens with zero attached hydrogens (tertiary/aromatic N) is 4. The van der Waals surface area contributed by atoms with E-state index >= 15 is 0 Å². The number of benzene rings is 1. The normalized spacial score (nSPS) is 16.8. The summed E-state index contributed by atoms with van der Waals surface area (Å²) in [5, 5.41) is 10.5. The zero-order chi connectivity index (χ0) is 19.7. The Morgan fingerprint density at radius 2 is 2.21 bits per heavy atom. The molecule has 7 nitrogen and oxygen atoms in total. The van der Waals surface area contributed by atoms with Gasteiger partial charge in [-0.1, -0.05) is 23.2 Å². The van der Waals surface area contributed by atoms with Crippen LogP contribution in [0.5, 0.6) is 0 Å². The van der Waals surface area contributed by atoms with Crippen molar-refractivity contribution in [1.82, 2.24) is 14.5 Å². The van der Waals surface area contributed by atoms with Crippen LogP contribution in [0.4, 0.5) is 5.82 Å². The van der Waals surface area contributed by atoms with E-state index in [9.17, 15) is 4.79 Å². The Labute approximate surface area is 171 Å². The summed E-state index contributed by atoms with van der Waals surface area (Å²) in [6, 6.07) is 5.70. The molecular formula is C19H18Cl2N4O3. The Hall–Kier alpha value is -2.35. The molecule has 4 rings (SSSR count). The fraction of sp³-hybridized carbons (Fsp3) is 0.316. The third kappa shape index (κ3) is 3.65. The van der Waals surface area contributed by atoms with E-state index in [1.54, 1.807) is 18.6 Å². The summed E-state index contributed by atoms with van der Waals surface area (Å²) in [6.07, 6.45) is 7.17. The molecule has 1 aliphatic rings. The maximum Gasteiger partial charge on any atom is 0.329 e. The van der Waals surface area contributed by atoms with Crippen LogP contribution in [0.15, 0.2) is 36.9 Å². The van der Waals surface area contributed by atoms with Gasteiger partial charge in [0.05, 0.1) is 40.2 Å². The van der Waals surface area contributed by atoms with Crippen LogP contribution in [0.3, 0.4) is 0 Å². The van der Waals surface area contributed by atoms with Crippen molar-refractivity contribution in [3.8, 4) is 5.69 Å². The number of hydrogen-bond donors (Lipinski definition) is 1. The van der Waals surface area contributed by atoms with Gasteiger partial charge in [-0.25, -0.2) is 14.8 Å². The first-order valence-corrected chi connectivity index (χ1v) is 9.63. The third-order valence-electron chi connectivity index (χ3n) is 4.83. The molecule has 1 aromatic carbocycles. The number of carboxylic acids is 1. The average Bonchev–Trinajstić information content (AvgIpc) is 3.36. The molecule has 2 aromatic heterocycles. The van der Waals surface area contributed by atoms with Crippen LogP contribution < -0.4 is 4.90 Å². The Morgan fingerprint density at radius 1 is 1.36 bits per heavy atom. The number of aliphatic carboxylic acids is 1. The number of carbonyl (C=O) groups is 1. The van der Waals surface area contributed by atoms with Gasteiger partial charge in [-0.15, -0.1) is 0 Å². The van der Waals surface area contributed by atoms with Crippen molar-refractivity contribution >= 4 is 45.9 Å². The third-order valence-corrected chi connectivity index (χ3v) is 5.62. The lowest BCUT2D eigenvalue weighted by Crippen LogP contribution is -2.34. The van der Waals surface area contributed by atoms with Crippen LogP contribution in [0.1, 0.15) is 12.8 Å². The second-order valence-corrected chi connectivity index (χ2v) is 7.41. The van der Waals surface area contributed by atoms with Gasteiger partial charge >= 0.3 is 5.97 Å². The number of carboxylic acid groups (broad SMARTS) is 1. The number of ether oxygens (including phenoxy) is 1. The smallest absolute Gasteiger partial charge is 0.329 e. The van der Waals surface area contributed by atoms with Crippen molar-refractivity contribution in [1.29, 1.82) is 0 Å². The Bertz CT molecular complexity index is 1010. The van der Waals surface area contributed by atoms with Gasteiger partial charge in [0.15, 0.2) is 0 Å². The van der Waals surface area contributed by atoms with Gasteiger partial charge < -0.3 is 19.3 Å². The fourth-order valence-electron chi connectivity index (χ4n) is 3.56. The highest BCUT2D eigenvalue weighted by Gasteiger charge is 2.27. The zero-order valence-electron chi connectivity index (χ0n) is 14.9. The molecule has 28 heavy (non-hydrogen) atoms. The summed E-state index contributed by atoms with van der Waals surface area (Å²) in [5.41, 5.74) is 1.51. The van der Waals surface area contributed by atoms with Gasteiger partial charge in [-0.2, -0.15) is 0 Å². The summed E-state index contributed by atoms with van der Waals surface area (Å²) < 4.78 is 7.24. The van der Waals surface area contributed by atoms with E-state index in [0.717, 1.165) is 36.3 Å².